The van der Waals surface area contributed by atoms with Gasteiger partial charge in [-0.25, -0.2) is 0 Å². The molecule has 0 heteroatoms. The maximum absolute atomic E-state index is 2.41. The zero-order valence-corrected chi connectivity index (χ0v) is 16.8. The molecule has 2 aromatic carbocycles. The van der Waals surface area contributed by atoms with Crippen molar-refractivity contribution in [2.75, 3.05) is 0 Å². The number of benzene rings is 2. The maximum atomic E-state index is 2.41. The molecule has 0 aliphatic heterocycles. The summed E-state index contributed by atoms with van der Waals surface area (Å²) in [5.74, 6) is 1.81. The van der Waals surface area contributed by atoms with E-state index in [1.807, 2.05) is 0 Å². The minimum Gasteiger partial charge on any atom is -0.0654 e. The van der Waals surface area contributed by atoms with Crippen LogP contribution in [-0.2, 0) is 19.3 Å². The highest BCUT2D eigenvalue weighted by Crippen LogP contribution is 2.37. The fourth-order valence-corrected chi connectivity index (χ4v) is 4.60. The molecule has 0 atom stereocenters. The first-order chi connectivity index (χ1) is 12.8. The predicted octanol–water partition coefficient (Wildman–Crippen LogP) is 7.50. The number of hydrogen-bond acceptors (Lipinski definition) is 0. The quantitative estimate of drug-likeness (QED) is 0.463. The minimum absolute atomic E-state index is 0.809. The van der Waals surface area contributed by atoms with Crippen LogP contribution in [0.1, 0.15) is 87.0 Å². The number of aryl methyl sites for hydroxylation is 3. The molecule has 0 amide bonds. The molecule has 0 saturated heterocycles. The van der Waals surface area contributed by atoms with Gasteiger partial charge in [0.1, 0.15) is 0 Å². The molecule has 0 nitrogen and oxygen atoms in total. The number of hydrogen-bond donors (Lipinski definition) is 0. The molecule has 3 rings (SSSR count). The first kappa shape index (κ1) is 19.2. The largest absolute Gasteiger partial charge is 0.0654 e. The molecule has 1 fully saturated rings. The summed E-state index contributed by atoms with van der Waals surface area (Å²) in [6.45, 7) is 4.57. The van der Waals surface area contributed by atoms with Crippen LogP contribution >= 0.6 is 0 Å². The van der Waals surface area contributed by atoms with Gasteiger partial charge in [-0.15, -0.1) is 0 Å². The fraction of sp³-hybridized carbons (Fsp3) is 0.538. The Morgan fingerprint density at radius 1 is 0.615 bits per heavy atom. The van der Waals surface area contributed by atoms with E-state index < -0.39 is 0 Å². The standard InChI is InChI=1S/C26H36/c1-3-5-21-7-9-23(10-8-21)11-12-24-15-19-26(20-16-24)25-17-13-22(6-4-2)14-18-25/h7-10,15-16,19-20,22,25H,3-6,11-14,17-18H2,1-2H3. The van der Waals surface area contributed by atoms with Gasteiger partial charge in [0.25, 0.3) is 0 Å². The topological polar surface area (TPSA) is 0 Å². The Morgan fingerprint density at radius 3 is 1.62 bits per heavy atom. The van der Waals surface area contributed by atoms with Crippen LogP contribution < -0.4 is 0 Å². The zero-order valence-electron chi connectivity index (χ0n) is 16.8. The van der Waals surface area contributed by atoms with Crippen LogP contribution in [0.4, 0.5) is 0 Å². The molecule has 0 spiro atoms. The summed E-state index contributed by atoms with van der Waals surface area (Å²) in [6.07, 6.45) is 13.2. The summed E-state index contributed by atoms with van der Waals surface area (Å²) < 4.78 is 0. The van der Waals surface area contributed by atoms with Crippen molar-refractivity contribution in [2.24, 2.45) is 5.92 Å². The van der Waals surface area contributed by atoms with Crippen LogP contribution in [0.25, 0.3) is 0 Å². The lowest BCUT2D eigenvalue weighted by Gasteiger charge is -2.28. The highest BCUT2D eigenvalue weighted by Gasteiger charge is 2.21. The average molecular weight is 349 g/mol. The van der Waals surface area contributed by atoms with Crippen molar-refractivity contribution >= 4 is 0 Å². The van der Waals surface area contributed by atoms with Gasteiger partial charge in [-0.3, -0.25) is 0 Å². The van der Waals surface area contributed by atoms with Gasteiger partial charge in [0.2, 0.25) is 0 Å². The van der Waals surface area contributed by atoms with Crippen LogP contribution in [0, 0.1) is 5.92 Å². The summed E-state index contributed by atoms with van der Waals surface area (Å²) in [4.78, 5) is 0. The van der Waals surface area contributed by atoms with E-state index in [2.05, 4.69) is 62.4 Å². The first-order valence-electron chi connectivity index (χ1n) is 10.9. The molecular weight excluding hydrogens is 312 g/mol. The molecule has 1 aliphatic rings. The summed E-state index contributed by atoms with van der Waals surface area (Å²) >= 11 is 0. The summed E-state index contributed by atoms with van der Waals surface area (Å²) in [5.41, 5.74) is 5.98. The van der Waals surface area contributed by atoms with Gasteiger partial charge in [-0.1, -0.05) is 81.6 Å². The van der Waals surface area contributed by atoms with Gasteiger partial charge in [0.15, 0.2) is 0 Å². The molecule has 1 saturated carbocycles. The summed E-state index contributed by atoms with van der Waals surface area (Å²) in [6, 6.07) is 18.8. The van der Waals surface area contributed by atoms with E-state index in [-0.39, 0.29) is 0 Å². The van der Waals surface area contributed by atoms with E-state index in [4.69, 9.17) is 0 Å². The molecule has 0 heterocycles. The van der Waals surface area contributed by atoms with Gasteiger partial charge in [-0.2, -0.15) is 0 Å². The van der Waals surface area contributed by atoms with Crippen molar-refractivity contribution in [2.45, 2.75) is 84.0 Å². The van der Waals surface area contributed by atoms with Crippen LogP contribution in [0.2, 0.25) is 0 Å². The average Bonchev–Trinajstić information content (AvgIpc) is 2.69. The minimum atomic E-state index is 0.809. The third kappa shape index (κ3) is 5.47. The lowest BCUT2D eigenvalue weighted by Crippen LogP contribution is -2.13. The Hall–Kier alpha value is -1.56. The SMILES string of the molecule is CCCc1ccc(CCc2ccc(C3CCC(CCC)CC3)cc2)cc1. The van der Waals surface area contributed by atoms with Crippen LogP contribution in [0.5, 0.6) is 0 Å². The Bertz CT molecular complexity index is 627. The van der Waals surface area contributed by atoms with Crippen molar-refractivity contribution in [1.82, 2.24) is 0 Å². The normalized spacial score (nSPS) is 20.2. The van der Waals surface area contributed by atoms with Crippen LogP contribution in [-0.4, -0.2) is 0 Å². The second-order valence-electron chi connectivity index (χ2n) is 8.31. The maximum Gasteiger partial charge on any atom is -0.0162 e. The van der Waals surface area contributed by atoms with Crippen molar-refractivity contribution in [3.63, 3.8) is 0 Å². The van der Waals surface area contributed by atoms with E-state index in [0.717, 1.165) is 24.7 Å². The van der Waals surface area contributed by atoms with E-state index in [0.29, 0.717) is 0 Å². The molecule has 26 heavy (non-hydrogen) atoms. The van der Waals surface area contributed by atoms with E-state index in [1.165, 1.54) is 68.1 Å². The predicted molar refractivity (Wildman–Crippen MR) is 114 cm³/mol. The molecule has 0 unspecified atom stereocenters. The molecule has 1 aliphatic carbocycles. The van der Waals surface area contributed by atoms with Crippen molar-refractivity contribution in [3.8, 4) is 0 Å². The van der Waals surface area contributed by atoms with Gasteiger partial charge in [0.05, 0.1) is 0 Å². The molecule has 0 aromatic heterocycles. The molecular formula is C26H36. The molecule has 0 N–H and O–H groups in total. The Balaban J connectivity index is 1.48. The van der Waals surface area contributed by atoms with E-state index in [1.54, 1.807) is 5.56 Å². The monoisotopic (exact) mass is 348 g/mol. The van der Waals surface area contributed by atoms with E-state index >= 15 is 0 Å². The van der Waals surface area contributed by atoms with Crippen molar-refractivity contribution in [3.05, 3.63) is 70.8 Å². The highest BCUT2D eigenvalue weighted by atomic mass is 14.3. The van der Waals surface area contributed by atoms with Crippen molar-refractivity contribution in [1.29, 1.82) is 0 Å². The smallest absolute Gasteiger partial charge is 0.0162 e. The molecule has 0 bridgehead atoms. The zero-order chi connectivity index (χ0) is 18.2. The Labute approximate surface area is 161 Å². The number of rotatable bonds is 8. The van der Waals surface area contributed by atoms with Gasteiger partial charge >= 0.3 is 0 Å². The Morgan fingerprint density at radius 2 is 1.12 bits per heavy atom. The highest BCUT2D eigenvalue weighted by molar-refractivity contribution is 5.28. The van der Waals surface area contributed by atoms with Crippen LogP contribution in [0.3, 0.4) is 0 Å². The van der Waals surface area contributed by atoms with Crippen LogP contribution in [0.15, 0.2) is 48.5 Å². The fourth-order valence-electron chi connectivity index (χ4n) is 4.60. The molecule has 2 aromatic rings. The second-order valence-corrected chi connectivity index (χ2v) is 8.31. The third-order valence-electron chi connectivity index (χ3n) is 6.26. The lowest BCUT2D eigenvalue weighted by molar-refractivity contribution is 0.308. The van der Waals surface area contributed by atoms with Gasteiger partial charge < -0.3 is 0 Å². The van der Waals surface area contributed by atoms with Gasteiger partial charge in [-0.05, 0) is 79.0 Å². The molecule has 140 valence electrons. The van der Waals surface area contributed by atoms with Crippen molar-refractivity contribution < 1.29 is 0 Å². The first-order valence-corrected chi connectivity index (χ1v) is 10.9. The third-order valence-corrected chi connectivity index (χ3v) is 6.26. The lowest BCUT2D eigenvalue weighted by atomic mass is 9.77. The van der Waals surface area contributed by atoms with Gasteiger partial charge in [0, 0.05) is 0 Å². The van der Waals surface area contributed by atoms with E-state index in [9.17, 15) is 0 Å². The Kier molecular flexibility index (Phi) is 7.35. The summed E-state index contributed by atoms with van der Waals surface area (Å²) in [7, 11) is 0. The second kappa shape index (κ2) is 9.95. The molecule has 0 radical (unpaired) electrons. The summed E-state index contributed by atoms with van der Waals surface area (Å²) in [5, 5.41) is 0.